The minimum atomic E-state index is -0.996. The number of carbonyl (C=O) groups excluding carboxylic acids is 4. The van der Waals surface area contributed by atoms with E-state index in [2.05, 4.69) is 36.6 Å². The Morgan fingerprint density at radius 2 is 1.60 bits per heavy atom. The van der Waals surface area contributed by atoms with Crippen molar-refractivity contribution in [2.75, 3.05) is 85.3 Å². The third-order valence-corrected chi connectivity index (χ3v) is 10.3. The second-order valence-electron chi connectivity index (χ2n) is 13.0. The summed E-state index contributed by atoms with van der Waals surface area (Å²) in [6.45, 7) is 4.85. The van der Waals surface area contributed by atoms with E-state index in [0.29, 0.717) is 77.2 Å². The van der Waals surface area contributed by atoms with E-state index in [0.717, 1.165) is 25.0 Å². The van der Waals surface area contributed by atoms with Crippen LogP contribution in [0.4, 0.5) is 15.3 Å². The molecule has 0 radical (unpaired) electrons. The van der Waals surface area contributed by atoms with Gasteiger partial charge in [-0.25, -0.2) is 9.59 Å². The summed E-state index contributed by atoms with van der Waals surface area (Å²) in [5.41, 5.74) is 8.07. The summed E-state index contributed by atoms with van der Waals surface area (Å²) in [5, 5.41) is 29.6. The number of nitro groups is 1. The predicted octanol–water partition coefficient (Wildman–Crippen LogP) is 3.26. The highest BCUT2D eigenvalue weighted by Crippen LogP contribution is 2.38. The molecule has 0 aliphatic carbocycles. The van der Waals surface area contributed by atoms with Crippen LogP contribution in [0.15, 0.2) is 17.2 Å². The number of hydrogen-bond acceptors (Lipinski definition) is 14. The SMILES string of the molecule is COc1cc(C(C)OC(=O)NCCCN=[N+]=[N-])c([N+](=O)[O-])cc1OCCCC(=O)NCCOCCOCCOCCNC(=O)CCCCC1SC[C@H]2NC(=O)N[C@@H]12. The van der Waals surface area contributed by atoms with Gasteiger partial charge in [0.2, 0.25) is 11.8 Å². The number of amides is 5. The largest absolute Gasteiger partial charge is 0.493 e. The third-order valence-electron chi connectivity index (χ3n) is 8.77. The Balaban J connectivity index is 1.14. The molecule has 0 bridgehead atoms. The Bertz CT molecular complexity index is 1500. The molecule has 1 aromatic carbocycles. The maximum absolute atomic E-state index is 12.2. The van der Waals surface area contributed by atoms with E-state index in [1.54, 1.807) is 0 Å². The molecule has 2 fully saturated rings. The maximum Gasteiger partial charge on any atom is 0.407 e. The number of ether oxygens (including phenoxy) is 6. The monoisotopic (exact) mass is 825 g/mol. The lowest BCUT2D eigenvalue weighted by Crippen LogP contribution is -2.36. The summed E-state index contributed by atoms with van der Waals surface area (Å²) in [5.74, 6) is 1.02. The van der Waals surface area contributed by atoms with Gasteiger partial charge in [-0.2, -0.15) is 11.8 Å². The summed E-state index contributed by atoms with van der Waals surface area (Å²) in [6, 6.07) is 2.89. The topological polar surface area (TPSA) is 276 Å². The van der Waals surface area contributed by atoms with Crippen LogP contribution in [0.1, 0.15) is 63.5 Å². The number of fused-ring (bicyclic) bond motifs is 1. The number of unbranched alkanes of at least 4 members (excludes halogenated alkanes) is 1. The lowest BCUT2D eigenvalue weighted by molar-refractivity contribution is -0.386. The maximum atomic E-state index is 12.2. The number of urea groups is 1. The highest BCUT2D eigenvalue weighted by Gasteiger charge is 2.42. The summed E-state index contributed by atoms with van der Waals surface area (Å²) < 4.78 is 32.8. The van der Waals surface area contributed by atoms with Crippen molar-refractivity contribution in [3.8, 4) is 11.5 Å². The number of thioether (sulfide) groups is 1. The molecule has 4 atom stereocenters. The van der Waals surface area contributed by atoms with Gasteiger partial charge in [-0.3, -0.25) is 19.7 Å². The van der Waals surface area contributed by atoms with Crippen molar-refractivity contribution in [1.29, 1.82) is 0 Å². The minimum Gasteiger partial charge on any atom is -0.493 e. The first-order chi connectivity index (χ1) is 27.6. The average molecular weight is 826 g/mol. The molecule has 3 rings (SSSR count). The van der Waals surface area contributed by atoms with E-state index >= 15 is 0 Å². The van der Waals surface area contributed by atoms with E-state index in [-0.39, 0.29) is 78.8 Å². The lowest BCUT2D eigenvalue weighted by atomic mass is 10.0. The Labute approximate surface area is 335 Å². The fourth-order valence-electron chi connectivity index (χ4n) is 5.90. The van der Waals surface area contributed by atoms with E-state index in [4.69, 9.17) is 34.0 Å². The molecule has 21 nitrogen and oxygen atoms in total. The van der Waals surface area contributed by atoms with Crippen LogP contribution in [0.2, 0.25) is 0 Å². The summed E-state index contributed by atoms with van der Waals surface area (Å²) >= 11 is 1.88. The van der Waals surface area contributed by atoms with Crippen LogP contribution < -0.4 is 36.1 Å². The van der Waals surface area contributed by atoms with Gasteiger partial charge in [-0.15, -0.1) is 0 Å². The first kappa shape index (κ1) is 46.6. The standard InChI is InChI=1S/C35H55N9O12S/c1-24(56-35(48)39-10-6-11-40-43-36)25-21-28(51-2)29(22-27(25)44(49)50)55-14-5-9-32(46)38-13-16-53-18-20-54-19-17-52-15-12-37-31(45)8-4-3-7-30-33-26(23-57-30)41-34(47)42-33/h21-22,24,26,30,33H,3-20,23H2,1-2H3,(H,37,45)(H,38,46)(H,39,48)(H2,41,42,47)/t24?,26-,30?,33-/m1/s1. The van der Waals surface area contributed by atoms with Crippen LogP contribution in [-0.4, -0.2) is 131 Å². The quantitative estimate of drug-likeness (QED) is 0.0142. The molecule has 5 amide bonds. The van der Waals surface area contributed by atoms with Crippen molar-refractivity contribution in [3.05, 3.63) is 38.3 Å². The summed E-state index contributed by atoms with van der Waals surface area (Å²) in [7, 11) is 1.37. The molecule has 0 aromatic heterocycles. The van der Waals surface area contributed by atoms with Gasteiger partial charge >= 0.3 is 12.1 Å². The van der Waals surface area contributed by atoms with Gasteiger partial charge in [0.1, 0.15) is 6.10 Å². The van der Waals surface area contributed by atoms with Crippen LogP contribution in [0, 0.1) is 10.1 Å². The van der Waals surface area contributed by atoms with Gasteiger partial charge in [0.15, 0.2) is 11.5 Å². The van der Waals surface area contributed by atoms with E-state index in [9.17, 15) is 29.3 Å². The molecule has 1 aromatic rings. The average Bonchev–Trinajstić information content (AvgIpc) is 3.75. The molecule has 2 aliphatic heterocycles. The molecule has 0 saturated carbocycles. The number of rotatable bonds is 30. The Morgan fingerprint density at radius 1 is 0.930 bits per heavy atom. The van der Waals surface area contributed by atoms with Crippen LogP contribution in [0.3, 0.4) is 0 Å². The van der Waals surface area contributed by atoms with Crippen LogP contribution in [-0.2, 0) is 28.5 Å². The molecule has 5 N–H and O–H groups in total. The number of hydrogen-bond donors (Lipinski definition) is 5. The number of azide groups is 1. The van der Waals surface area contributed by atoms with Crippen molar-refractivity contribution < 1.29 is 52.5 Å². The van der Waals surface area contributed by atoms with Crippen LogP contribution >= 0.6 is 11.8 Å². The van der Waals surface area contributed by atoms with Crippen molar-refractivity contribution >= 4 is 41.4 Å². The number of nitrogens with zero attached hydrogens (tertiary/aromatic N) is 4. The molecular weight excluding hydrogens is 771 g/mol. The van der Waals surface area contributed by atoms with E-state index in [1.165, 1.54) is 26.2 Å². The first-order valence-corrected chi connectivity index (χ1v) is 20.1. The number of nitrogens with one attached hydrogen (secondary N) is 5. The highest BCUT2D eigenvalue weighted by atomic mass is 32.2. The van der Waals surface area contributed by atoms with Crippen LogP contribution in [0.5, 0.6) is 11.5 Å². The van der Waals surface area contributed by atoms with Gasteiger partial charge in [-0.1, -0.05) is 11.5 Å². The zero-order valence-corrected chi connectivity index (χ0v) is 33.3. The third kappa shape index (κ3) is 17.9. The second-order valence-corrected chi connectivity index (χ2v) is 14.2. The van der Waals surface area contributed by atoms with E-state index in [1.807, 2.05) is 11.8 Å². The molecular formula is C35H55N9O12S. The second kappa shape index (κ2) is 27.0. The molecule has 2 aliphatic rings. The molecule has 2 saturated heterocycles. The summed E-state index contributed by atoms with van der Waals surface area (Å²) in [6.07, 6.45) is 2.29. The molecule has 318 valence electrons. The smallest absolute Gasteiger partial charge is 0.407 e. The minimum absolute atomic E-state index is 0.000950. The fraction of sp³-hybridized carbons (Fsp3) is 0.714. The Hall–Kier alpha value is -4.76. The first-order valence-electron chi connectivity index (χ1n) is 19.0. The number of nitro benzene ring substituents is 1. The Kier molecular flexibility index (Phi) is 22.1. The number of carbonyl (C=O) groups is 4. The van der Waals surface area contributed by atoms with Gasteiger partial charge in [-0.05, 0) is 44.2 Å². The van der Waals surface area contributed by atoms with Gasteiger partial charge in [0.25, 0.3) is 5.69 Å². The predicted molar refractivity (Wildman–Crippen MR) is 208 cm³/mol. The van der Waals surface area contributed by atoms with Crippen molar-refractivity contribution in [2.45, 2.75) is 75.3 Å². The number of alkyl carbamates (subject to hydrolysis) is 1. The fourth-order valence-corrected chi connectivity index (χ4v) is 7.45. The van der Waals surface area contributed by atoms with Gasteiger partial charge in [0.05, 0.1) is 82.0 Å². The molecule has 57 heavy (non-hydrogen) atoms. The highest BCUT2D eigenvalue weighted by molar-refractivity contribution is 8.00. The zero-order valence-electron chi connectivity index (χ0n) is 32.5. The molecule has 2 heterocycles. The van der Waals surface area contributed by atoms with Crippen molar-refractivity contribution in [3.63, 3.8) is 0 Å². The van der Waals surface area contributed by atoms with Crippen molar-refractivity contribution in [1.82, 2.24) is 26.6 Å². The normalized spacial score (nSPS) is 17.3. The molecule has 0 spiro atoms. The molecule has 22 heteroatoms. The van der Waals surface area contributed by atoms with Gasteiger partial charge in [0, 0.05) is 54.9 Å². The molecule has 2 unspecified atom stereocenters. The van der Waals surface area contributed by atoms with Crippen molar-refractivity contribution in [2.24, 2.45) is 5.11 Å². The Morgan fingerprint density at radius 3 is 2.25 bits per heavy atom. The number of methoxy groups -OCH3 is 1. The number of benzene rings is 1. The van der Waals surface area contributed by atoms with Gasteiger partial charge < -0.3 is 55.0 Å². The van der Waals surface area contributed by atoms with Crippen LogP contribution in [0.25, 0.3) is 10.4 Å². The van der Waals surface area contributed by atoms with E-state index < -0.39 is 17.1 Å². The summed E-state index contributed by atoms with van der Waals surface area (Å²) in [4.78, 5) is 61.7. The lowest BCUT2D eigenvalue weighted by Gasteiger charge is -2.17. The zero-order chi connectivity index (χ0) is 41.3.